The zero-order valence-electron chi connectivity index (χ0n) is 12.5. The Kier molecular flexibility index (Phi) is 4.41. The van der Waals surface area contributed by atoms with Gasteiger partial charge in [0.05, 0.1) is 10.5 Å². The molecule has 6 nitrogen and oxygen atoms in total. The van der Waals surface area contributed by atoms with E-state index >= 15 is 0 Å². The fourth-order valence-corrected chi connectivity index (χ4v) is 4.91. The van der Waals surface area contributed by atoms with Crippen molar-refractivity contribution in [1.29, 1.82) is 0 Å². The Hall–Kier alpha value is -0.990. The third kappa shape index (κ3) is 3.12. The van der Waals surface area contributed by atoms with Gasteiger partial charge in [0.1, 0.15) is 10.6 Å². The van der Waals surface area contributed by atoms with Gasteiger partial charge in [-0.15, -0.1) is 0 Å². The Morgan fingerprint density at radius 3 is 2.43 bits per heavy atom. The summed E-state index contributed by atoms with van der Waals surface area (Å²) >= 11 is 5.14. The van der Waals surface area contributed by atoms with E-state index in [1.807, 2.05) is 0 Å². The maximum absolute atomic E-state index is 12.7. The van der Waals surface area contributed by atoms with Crippen LogP contribution in [0.25, 0.3) is 0 Å². The van der Waals surface area contributed by atoms with E-state index in [0.29, 0.717) is 24.5 Å². The monoisotopic (exact) mass is 331 g/mol. The summed E-state index contributed by atoms with van der Waals surface area (Å²) in [5, 5.41) is 3.70. The van der Waals surface area contributed by atoms with Crippen LogP contribution < -0.4 is 10.5 Å². The third-order valence-corrected chi connectivity index (χ3v) is 6.34. The quantitative estimate of drug-likeness (QED) is 0.817. The van der Waals surface area contributed by atoms with Gasteiger partial charge in [0.25, 0.3) is 0 Å². The fourth-order valence-electron chi connectivity index (χ4n) is 2.82. The molecular weight excluding hydrogens is 310 g/mol. The molecule has 8 heteroatoms. The number of thiocarbonyl (C=S) groups is 1. The van der Waals surface area contributed by atoms with E-state index in [2.05, 4.69) is 16.8 Å². The van der Waals surface area contributed by atoms with E-state index < -0.39 is 15.6 Å². The summed E-state index contributed by atoms with van der Waals surface area (Å²) in [5.74, 6) is 0.818. The van der Waals surface area contributed by atoms with Gasteiger partial charge in [-0.25, -0.2) is 8.42 Å². The van der Waals surface area contributed by atoms with Gasteiger partial charge in [0, 0.05) is 0 Å². The predicted molar refractivity (Wildman–Crippen MR) is 83.4 cm³/mol. The second kappa shape index (κ2) is 5.66. The standard InChI is InChI=1S/C13H21N3O3S2/c1-8-4-6-13(7-5-8,12(14)20)16-21(17,18)11-9(2)15-19-10(11)3/h8,16H,4-7H2,1-3H3,(H2,14,20). The molecule has 1 aliphatic carbocycles. The van der Waals surface area contributed by atoms with Crippen LogP contribution in [0.4, 0.5) is 0 Å². The molecule has 1 heterocycles. The normalized spacial score (nSPS) is 26.7. The lowest BCUT2D eigenvalue weighted by Crippen LogP contribution is -2.58. The molecule has 118 valence electrons. The van der Waals surface area contributed by atoms with Crippen LogP contribution in [0.15, 0.2) is 9.42 Å². The van der Waals surface area contributed by atoms with Gasteiger partial charge in [-0.3, -0.25) is 0 Å². The first-order valence-corrected chi connectivity index (χ1v) is 8.84. The van der Waals surface area contributed by atoms with Crippen LogP contribution in [-0.4, -0.2) is 24.1 Å². The highest BCUT2D eigenvalue weighted by molar-refractivity contribution is 7.89. The summed E-state index contributed by atoms with van der Waals surface area (Å²) in [5.41, 5.74) is 5.33. The number of aromatic nitrogens is 1. The zero-order chi connectivity index (χ0) is 15.8. The molecular formula is C13H21N3O3S2. The van der Waals surface area contributed by atoms with Crippen LogP contribution in [0.1, 0.15) is 44.1 Å². The predicted octanol–water partition coefficient (Wildman–Crippen LogP) is 1.80. The molecule has 1 aromatic heterocycles. The van der Waals surface area contributed by atoms with Crippen LogP contribution in [0.3, 0.4) is 0 Å². The molecule has 0 amide bonds. The number of hydrogen-bond acceptors (Lipinski definition) is 5. The van der Waals surface area contributed by atoms with Gasteiger partial charge >= 0.3 is 0 Å². The van der Waals surface area contributed by atoms with Crippen molar-refractivity contribution in [1.82, 2.24) is 9.88 Å². The van der Waals surface area contributed by atoms with Crippen molar-refractivity contribution >= 4 is 27.2 Å². The van der Waals surface area contributed by atoms with Crippen LogP contribution in [0.5, 0.6) is 0 Å². The first-order chi connectivity index (χ1) is 9.68. The molecule has 0 unspecified atom stereocenters. The highest BCUT2D eigenvalue weighted by atomic mass is 32.2. The Morgan fingerprint density at radius 1 is 1.43 bits per heavy atom. The Morgan fingerprint density at radius 2 is 2.00 bits per heavy atom. The van der Waals surface area contributed by atoms with Crippen molar-refractivity contribution in [2.24, 2.45) is 11.7 Å². The summed E-state index contributed by atoms with van der Waals surface area (Å²) in [6.07, 6.45) is 3.02. The van der Waals surface area contributed by atoms with E-state index in [1.165, 1.54) is 0 Å². The number of nitrogens with zero attached hydrogens (tertiary/aromatic N) is 1. The van der Waals surface area contributed by atoms with Crippen molar-refractivity contribution in [3.05, 3.63) is 11.5 Å². The Bertz CT molecular complexity index is 624. The maximum Gasteiger partial charge on any atom is 0.246 e. The average Bonchev–Trinajstić information content (AvgIpc) is 2.72. The highest BCUT2D eigenvalue weighted by Crippen LogP contribution is 2.34. The summed E-state index contributed by atoms with van der Waals surface area (Å²) in [6, 6.07) is 0. The third-order valence-electron chi connectivity index (χ3n) is 4.17. The molecule has 0 atom stereocenters. The van der Waals surface area contributed by atoms with Crippen LogP contribution >= 0.6 is 12.2 Å². The van der Waals surface area contributed by atoms with E-state index in [9.17, 15) is 8.42 Å². The molecule has 0 aliphatic heterocycles. The first-order valence-electron chi connectivity index (χ1n) is 6.95. The number of rotatable bonds is 4. The molecule has 1 saturated carbocycles. The summed E-state index contributed by atoms with van der Waals surface area (Å²) in [6.45, 7) is 5.32. The first kappa shape index (κ1) is 16.4. The maximum atomic E-state index is 12.7. The van der Waals surface area contributed by atoms with E-state index in [0.717, 1.165) is 12.8 Å². The van der Waals surface area contributed by atoms with Crippen LogP contribution in [0.2, 0.25) is 0 Å². The second-order valence-electron chi connectivity index (χ2n) is 5.89. The number of aryl methyl sites for hydroxylation is 2. The molecule has 2 rings (SSSR count). The van der Waals surface area contributed by atoms with Crippen molar-refractivity contribution in [3.8, 4) is 0 Å². The van der Waals surface area contributed by atoms with Gasteiger partial charge in [0.15, 0.2) is 5.76 Å². The molecule has 3 N–H and O–H groups in total. The summed E-state index contributed by atoms with van der Waals surface area (Å²) in [7, 11) is -3.77. The van der Waals surface area contributed by atoms with Crippen molar-refractivity contribution in [2.45, 2.75) is 56.9 Å². The second-order valence-corrected chi connectivity index (χ2v) is 7.95. The van der Waals surface area contributed by atoms with Crippen molar-refractivity contribution in [3.63, 3.8) is 0 Å². The fraction of sp³-hybridized carbons (Fsp3) is 0.692. The van der Waals surface area contributed by atoms with Gasteiger partial charge in [-0.2, -0.15) is 4.72 Å². The van der Waals surface area contributed by atoms with Gasteiger partial charge in [0.2, 0.25) is 10.0 Å². The number of sulfonamides is 1. The minimum atomic E-state index is -3.77. The van der Waals surface area contributed by atoms with Crippen LogP contribution in [0, 0.1) is 19.8 Å². The minimum Gasteiger partial charge on any atom is -0.392 e. The molecule has 1 aromatic rings. The number of hydrogen-bond donors (Lipinski definition) is 2. The highest BCUT2D eigenvalue weighted by Gasteiger charge is 2.42. The van der Waals surface area contributed by atoms with Crippen molar-refractivity contribution in [2.75, 3.05) is 0 Å². The number of nitrogens with one attached hydrogen (secondary N) is 1. The Labute approximate surface area is 130 Å². The van der Waals surface area contributed by atoms with Gasteiger partial charge in [-0.1, -0.05) is 24.3 Å². The molecule has 1 fully saturated rings. The topological polar surface area (TPSA) is 98.2 Å². The van der Waals surface area contributed by atoms with Gasteiger partial charge in [-0.05, 0) is 45.4 Å². The summed E-state index contributed by atoms with van der Waals surface area (Å²) < 4.78 is 33.0. The van der Waals surface area contributed by atoms with E-state index in [1.54, 1.807) is 13.8 Å². The molecule has 21 heavy (non-hydrogen) atoms. The smallest absolute Gasteiger partial charge is 0.246 e. The van der Waals surface area contributed by atoms with E-state index in [-0.39, 0.29) is 15.6 Å². The van der Waals surface area contributed by atoms with Crippen molar-refractivity contribution < 1.29 is 12.9 Å². The SMILES string of the molecule is Cc1noc(C)c1S(=O)(=O)NC1(C(N)=S)CCC(C)CC1. The largest absolute Gasteiger partial charge is 0.392 e. The zero-order valence-corrected chi connectivity index (χ0v) is 14.1. The molecule has 1 aliphatic rings. The molecule has 0 radical (unpaired) electrons. The van der Waals surface area contributed by atoms with Gasteiger partial charge < -0.3 is 10.3 Å². The average molecular weight is 331 g/mol. The summed E-state index contributed by atoms with van der Waals surface area (Å²) in [4.78, 5) is 0.279. The lowest BCUT2D eigenvalue weighted by atomic mass is 9.78. The van der Waals surface area contributed by atoms with E-state index in [4.69, 9.17) is 22.5 Å². The Balaban J connectivity index is 2.35. The minimum absolute atomic E-state index is 0.0803. The lowest BCUT2D eigenvalue weighted by Gasteiger charge is -2.38. The molecule has 0 saturated heterocycles. The lowest BCUT2D eigenvalue weighted by molar-refractivity contribution is 0.289. The molecule has 0 aromatic carbocycles. The molecule has 0 spiro atoms. The number of nitrogens with two attached hydrogens (primary N) is 1. The molecule has 0 bridgehead atoms. The van der Waals surface area contributed by atoms with Crippen LogP contribution in [-0.2, 0) is 10.0 Å².